The summed E-state index contributed by atoms with van der Waals surface area (Å²) in [5.74, 6) is -0.741. The van der Waals surface area contributed by atoms with Gasteiger partial charge in [-0.05, 0) is 56.4 Å². The van der Waals surface area contributed by atoms with Crippen LogP contribution in [0.15, 0.2) is 83.0 Å². The highest BCUT2D eigenvalue weighted by Crippen LogP contribution is 2.31. The number of benzene rings is 2. The molecule has 2 aromatic carbocycles. The van der Waals surface area contributed by atoms with Gasteiger partial charge in [-0.25, -0.2) is 9.38 Å². The maximum atomic E-state index is 13.6. The van der Waals surface area contributed by atoms with Gasteiger partial charge in [0.1, 0.15) is 12.1 Å². The van der Waals surface area contributed by atoms with Gasteiger partial charge in [-0.3, -0.25) is 15.2 Å². The quantitative estimate of drug-likeness (QED) is 0.109. The number of carbonyl (C=O) groups is 2. The lowest BCUT2D eigenvalue weighted by molar-refractivity contribution is -0.119. The second kappa shape index (κ2) is 16.3. The van der Waals surface area contributed by atoms with Crippen molar-refractivity contribution in [1.29, 1.82) is 0 Å². The van der Waals surface area contributed by atoms with E-state index in [9.17, 15) is 14.0 Å². The Balaban J connectivity index is 0.00000298. The lowest BCUT2D eigenvalue weighted by Gasteiger charge is -2.30. The van der Waals surface area contributed by atoms with E-state index >= 15 is 0 Å². The molecule has 1 unspecified atom stereocenters. The van der Waals surface area contributed by atoms with Crippen LogP contribution in [0.4, 0.5) is 10.1 Å². The van der Waals surface area contributed by atoms with Crippen molar-refractivity contribution in [1.82, 2.24) is 10.4 Å². The number of rotatable bonds is 9. The van der Waals surface area contributed by atoms with Crippen LogP contribution in [-0.4, -0.2) is 35.8 Å². The van der Waals surface area contributed by atoms with Gasteiger partial charge in [0, 0.05) is 36.2 Å². The van der Waals surface area contributed by atoms with Crippen molar-refractivity contribution >= 4 is 36.3 Å². The van der Waals surface area contributed by atoms with Gasteiger partial charge in [-0.15, -0.1) is 0 Å². The first-order valence-electron chi connectivity index (χ1n) is 11.4. The normalized spacial score (nSPS) is 12.8. The molecule has 0 aliphatic heterocycles. The number of nitrogens with one attached hydrogen (secondary N) is 1. The zero-order chi connectivity index (χ0) is 26.2. The fourth-order valence-corrected chi connectivity index (χ4v) is 3.39. The third-order valence-corrected chi connectivity index (χ3v) is 4.93. The molecular formula is C27H35FN4O2S. The van der Waals surface area contributed by atoms with E-state index in [2.05, 4.69) is 18.1 Å². The Bertz CT molecular complexity index is 1020. The number of aliphatic imine (C=N–C) groups is 1. The number of para-hydroxylation sites is 1. The molecule has 0 radical (unpaired) electrons. The van der Waals surface area contributed by atoms with Gasteiger partial charge < -0.3 is 10.5 Å². The van der Waals surface area contributed by atoms with Crippen molar-refractivity contribution in [2.24, 2.45) is 10.7 Å². The lowest BCUT2D eigenvalue weighted by Crippen LogP contribution is -2.47. The number of allylic oxidation sites excluding steroid dienone is 2. The summed E-state index contributed by atoms with van der Waals surface area (Å²) >= 11 is 3.53. The first kappa shape index (κ1) is 29.6. The van der Waals surface area contributed by atoms with Crippen molar-refractivity contribution in [3.8, 4) is 0 Å². The highest BCUT2D eigenvalue weighted by atomic mass is 32.1. The number of aldehydes is 1. The van der Waals surface area contributed by atoms with Gasteiger partial charge >= 0.3 is 0 Å². The number of hydrazine groups is 1. The molecule has 0 spiro atoms. The minimum Gasteiger partial charge on any atom is -0.402 e. The van der Waals surface area contributed by atoms with Crippen LogP contribution in [0.3, 0.4) is 0 Å². The number of nitrogens with zero attached hydrogens (tertiary/aromatic N) is 2. The van der Waals surface area contributed by atoms with E-state index in [1.165, 1.54) is 18.2 Å². The molecule has 6 nitrogen and oxygen atoms in total. The van der Waals surface area contributed by atoms with E-state index in [0.717, 1.165) is 18.3 Å². The molecule has 3 N–H and O–H groups in total. The van der Waals surface area contributed by atoms with Crippen molar-refractivity contribution < 1.29 is 14.0 Å². The largest absolute Gasteiger partial charge is 0.402 e. The van der Waals surface area contributed by atoms with Gasteiger partial charge in [0.15, 0.2) is 5.84 Å². The number of nitrogens with two attached hydrogens (primary N) is 1. The third kappa shape index (κ3) is 9.41. The monoisotopic (exact) mass is 498 g/mol. The van der Waals surface area contributed by atoms with Crippen LogP contribution in [-0.2, 0) is 9.59 Å². The fraction of sp³-hybridized carbons (Fsp3) is 0.296. The second-order valence-corrected chi connectivity index (χ2v) is 7.41. The molecule has 2 rings (SSSR count). The summed E-state index contributed by atoms with van der Waals surface area (Å²) in [6, 6.07) is 15.2. The summed E-state index contributed by atoms with van der Waals surface area (Å²) in [4.78, 5) is 28.9. The Morgan fingerprint density at radius 1 is 1.14 bits per heavy atom. The number of thiol groups is 1. The molecule has 1 atom stereocenters. The molecule has 0 aromatic heterocycles. The summed E-state index contributed by atoms with van der Waals surface area (Å²) in [5.41, 5.74) is 11.6. The number of carbonyl (C=O) groups excluding carboxylic acids is 2. The van der Waals surface area contributed by atoms with Crippen LogP contribution < -0.4 is 11.2 Å². The summed E-state index contributed by atoms with van der Waals surface area (Å²) < 4.78 is 13.6. The van der Waals surface area contributed by atoms with E-state index in [-0.39, 0.29) is 18.1 Å². The van der Waals surface area contributed by atoms with Crippen molar-refractivity contribution in [3.63, 3.8) is 0 Å². The van der Waals surface area contributed by atoms with Crippen LogP contribution >= 0.6 is 12.6 Å². The van der Waals surface area contributed by atoms with Crippen molar-refractivity contribution in [2.75, 3.05) is 12.8 Å². The number of amides is 1. The van der Waals surface area contributed by atoms with Crippen LogP contribution in [0, 0.1) is 5.82 Å². The van der Waals surface area contributed by atoms with Gasteiger partial charge in [-0.1, -0.05) is 43.3 Å². The van der Waals surface area contributed by atoms with Gasteiger partial charge in [0.2, 0.25) is 0 Å². The molecule has 0 aliphatic carbocycles. The summed E-state index contributed by atoms with van der Waals surface area (Å²) in [6.45, 7) is 5.94. The summed E-state index contributed by atoms with van der Waals surface area (Å²) in [5, 5.41) is 1.61. The van der Waals surface area contributed by atoms with Crippen LogP contribution in [0.5, 0.6) is 0 Å². The lowest BCUT2D eigenvalue weighted by atomic mass is 9.86. The number of hydrogen-bond acceptors (Lipinski definition) is 5. The first-order chi connectivity index (χ1) is 16.9. The van der Waals surface area contributed by atoms with Crippen molar-refractivity contribution in [3.05, 3.63) is 89.4 Å². The standard InChI is InChI=1S/C26H31FN4O2.CH4S/c1-4-6-12-24(33)30-31(5-2)26(29-22-10-8-7-9-11-22)25(19(3)28)23(17-18-32)20-13-15-21(27)16-14-20;1-2/h6-16,18,23H,4-5,17,28H2,1-3H3,(H,30,33);2H,1H3/b12-6+,25-19-,29-26?;. The molecule has 0 fully saturated rings. The predicted molar refractivity (Wildman–Crippen MR) is 145 cm³/mol. The van der Waals surface area contributed by atoms with E-state index in [4.69, 9.17) is 10.7 Å². The molecule has 0 aliphatic rings. The number of likely N-dealkylation sites (N-methyl/N-ethyl adjacent to an activating group) is 1. The minimum absolute atomic E-state index is 0.116. The number of halogens is 1. The molecule has 2 aromatic rings. The fourth-order valence-electron chi connectivity index (χ4n) is 3.39. The molecule has 0 saturated heterocycles. The van der Waals surface area contributed by atoms with E-state index in [0.29, 0.717) is 29.3 Å². The SMILES string of the molecule is CC/C=C/C(=O)NN(CC)C(=Nc1ccccc1)/C(=C(/C)N)C(CC=O)c1ccc(F)cc1.CS. The Morgan fingerprint density at radius 3 is 2.29 bits per heavy atom. The summed E-state index contributed by atoms with van der Waals surface area (Å²) in [6.07, 6.45) is 6.56. The maximum Gasteiger partial charge on any atom is 0.262 e. The average Bonchev–Trinajstić information content (AvgIpc) is 2.87. The van der Waals surface area contributed by atoms with Gasteiger partial charge in [0.25, 0.3) is 5.91 Å². The van der Waals surface area contributed by atoms with Crippen LogP contribution in [0.25, 0.3) is 0 Å². The van der Waals surface area contributed by atoms with E-state index < -0.39 is 5.92 Å². The summed E-state index contributed by atoms with van der Waals surface area (Å²) in [7, 11) is 0. The molecule has 0 heterocycles. The highest BCUT2D eigenvalue weighted by molar-refractivity contribution is 7.79. The first-order valence-corrected chi connectivity index (χ1v) is 12.3. The third-order valence-electron chi connectivity index (χ3n) is 4.93. The van der Waals surface area contributed by atoms with E-state index in [1.54, 1.807) is 36.4 Å². The molecule has 0 saturated carbocycles. The molecule has 8 heteroatoms. The molecule has 35 heavy (non-hydrogen) atoms. The van der Waals surface area contributed by atoms with Gasteiger partial charge in [0.05, 0.1) is 5.69 Å². The second-order valence-electron chi connectivity index (χ2n) is 7.41. The number of amidine groups is 1. The Morgan fingerprint density at radius 2 is 1.77 bits per heavy atom. The van der Waals surface area contributed by atoms with Crippen LogP contribution in [0.2, 0.25) is 0 Å². The molecule has 188 valence electrons. The zero-order valence-corrected chi connectivity index (χ0v) is 21.6. The maximum absolute atomic E-state index is 13.6. The smallest absolute Gasteiger partial charge is 0.262 e. The predicted octanol–water partition coefficient (Wildman–Crippen LogP) is 5.33. The van der Waals surface area contributed by atoms with Gasteiger partial charge in [-0.2, -0.15) is 12.6 Å². The topological polar surface area (TPSA) is 87.8 Å². The molecular weight excluding hydrogens is 463 g/mol. The van der Waals surface area contributed by atoms with E-state index in [1.807, 2.05) is 44.2 Å². The highest BCUT2D eigenvalue weighted by Gasteiger charge is 2.27. The molecule has 0 bridgehead atoms. The minimum atomic E-state index is -0.479. The average molecular weight is 499 g/mol. The Hall–Kier alpha value is -3.39. The van der Waals surface area contributed by atoms with Crippen molar-refractivity contribution in [2.45, 2.75) is 39.5 Å². The Labute approximate surface area is 213 Å². The Kier molecular flexibility index (Phi) is 13.8. The zero-order valence-electron chi connectivity index (χ0n) is 20.7. The molecule has 1 amide bonds. The van der Waals surface area contributed by atoms with Crippen LogP contribution in [0.1, 0.15) is 45.1 Å². The number of hydrogen-bond donors (Lipinski definition) is 3.